The van der Waals surface area contributed by atoms with Crippen molar-refractivity contribution >= 4 is 27.5 Å². The maximum absolute atomic E-state index is 14.7. The number of rotatable bonds is 7. The largest absolute Gasteiger partial charge is 0.490 e. The van der Waals surface area contributed by atoms with Crippen molar-refractivity contribution in [1.82, 2.24) is 9.62 Å². The van der Waals surface area contributed by atoms with Crippen LogP contribution in [-0.2, 0) is 16.6 Å². The number of hydrogen-bond acceptors (Lipinski definition) is 5. The molecule has 2 fully saturated rings. The van der Waals surface area contributed by atoms with Gasteiger partial charge in [-0.05, 0) is 60.9 Å². The summed E-state index contributed by atoms with van der Waals surface area (Å²) in [6.07, 6.45) is 4.00. The minimum absolute atomic E-state index is 0.113. The molecule has 178 valence electrons. The number of benzene rings is 2. The van der Waals surface area contributed by atoms with Crippen molar-refractivity contribution in [2.24, 2.45) is 0 Å². The molecule has 1 amide bonds. The van der Waals surface area contributed by atoms with Gasteiger partial charge < -0.3 is 4.74 Å². The first-order chi connectivity index (χ1) is 15.6. The Hall–Kier alpha value is -2.23. The summed E-state index contributed by atoms with van der Waals surface area (Å²) < 4.78 is 58.6. The van der Waals surface area contributed by atoms with Crippen LogP contribution in [0.4, 0.5) is 8.78 Å². The van der Waals surface area contributed by atoms with Crippen LogP contribution in [0.25, 0.3) is 0 Å². The fourth-order valence-corrected chi connectivity index (χ4v) is 4.71. The molecule has 1 heterocycles. The van der Waals surface area contributed by atoms with Crippen LogP contribution in [0.2, 0.25) is 5.02 Å². The van der Waals surface area contributed by atoms with Crippen LogP contribution < -0.4 is 9.46 Å². The van der Waals surface area contributed by atoms with E-state index in [-0.39, 0.29) is 23.4 Å². The number of halogens is 3. The van der Waals surface area contributed by atoms with Gasteiger partial charge in [0.2, 0.25) is 10.0 Å². The third kappa shape index (κ3) is 6.22. The molecule has 1 aliphatic carbocycles. The van der Waals surface area contributed by atoms with Crippen LogP contribution >= 0.6 is 11.6 Å². The van der Waals surface area contributed by atoms with Crippen LogP contribution in [0.5, 0.6) is 5.75 Å². The quantitative estimate of drug-likeness (QED) is 0.618. The lowest BCUT2D eigenvalue weighted by Crippen LogP contribution is -2.38. The highest BCUT2D eigenvalue weighted by Gasteiger charge is 2.31. The van der Waals surface area contributed by atoms with Crippen LogP contribution in [0.3, 0.4) is 0 Å². The molecule has 2 aromatic rings. The van der Waals surface area contributed by atoms with Crippen molar-refractivity contribution in [3.05, 3.63) is 63.7 Å². The van der Waals surface area contributed by atoms with Crippen molar-refractivity contribution in [2.75, 3.05) is 19.3 Å². The SMILES string of the molecule is CS(=O)(=O)NC(=O)c1cc(C2CC2)c(OC2CCN(Cc3ccc(F)cc3Cl)CC2)cc1F. The predicted molar refractivity (Wildman–Crippen MR) is 121 cm³/mol. The summed E-state index contributed by atoms with van der Waals surface area (Å²) in [6.45, 7) is 2.10. The maximum atomic E-state index is 14.7. The molecular weight excluding hydrogens is 474 g/mol. The molecule has 0 radical (unpaired) electrons. The van der Waals surface area contributed by atoms with Gasteiger partial charge in [-0.1, -0.05) is 17.7 Å². The molecule has 1 saturated heterocycles. The third-order valence-corrected chi connectivity index (χ3v) is 6.78. The molecule has 0 bridgehead atoms. The molecular formula is C23H25ClF2N2O4S. The fraction of sp³-hybridized carbons (Fsp3) is 0.435. The van der Waals surface area contributed by atoms with Crippen molar-refractivity contribution in [1.29, 1.82) is 0 Å². The van der Waals surface area contributed by atoms with E-state index in [2.05, 4.69) is 4.90 Å². The summed E-state index contributed by atoms with van der Waals surface area (Å²) in [5.74, 6) is -1.60. The highest BCUT2D eigenvalue weighted by molar-refractivity contribution is 7.89. The topological polar surface area (TPSA) is 75.7 Å². The summed E-state index contributed by atoms with van der Waals surface area (Å²) in [6, 6.07) is 6.99. The van der Waals surface area contributed by atoms with Gasteiger partial charge in [-0.3, -0.25) is 9.69 Å². The first kappa shape index (κ1) is 23.9. The van der Waals surface area contributed by atoms with Gasteiger partial charge in [0.05, 0.1) is 11.8 Å². The number of ether oxygens (including phenoxy) is 1. The second kappa shape index (κ2) is 9.56. The van der Waals surface area contributed by atoms with Gasteiger partial charge in [0.1, 0.15) is 23.5 Å². The zero-order chi connectivity index (χ0) is 23.8. The zero-order valence-corrected chi connectivity index (χ0v) is 19.7. The van der Waals surface area contributed by atoms with Crippen molar-refractivity contribution in [3.63, 3.8) is 0 Å². The second-order valence-corrected chi connectivity index (χ2v) is 10.8. The van der Waals surface area contributed by atoms with E-state index in [0.29, 0.717) is 17.3 Å². The van der Waals surface area contributed by atoms with Crippen molar-refractivity contribution < 1.29 is 26.7 Å². The molecule has 1 aliphatic heterocycles. The zero-order valence-electron chi connectivity index (χ0n) is 18.1. The molecule has 2 aromatic carbocycles. The Morgan fingerprint density at radius 2 is 1.85 bits per heavy atom. The molecule has 6 nitrogen and oxygen atoms in total. The normalized spacial score (nSPS) is 17.7. The van der Waals surface area contributed by atoms with Gasteiger partial charge in [0, 0.05) is 30.7 Å². The van der Waals surface area contributed by atoms with Gasteiger partial charge in [0.25, 0.3) is 5.91 Å². The van der Waals surface area contributed by atoms with Gasteiger partial charge in [0.15, 0.2) is 0 Å². The molecule has 0 spiro atoms. The number of carbonyl (C=O) groups is 1. The summed E-state index contributed by atoms with van der Waals surface area (Å²) >= 11 is 6.13. The first-order valence-electron chi connectivity index (χ1n) is 10.8. The number of amides is 1. The molecule has 1 N–H and O–H groups in total. The van der Waals surface area contributed by atoms with Crippen molar-refractivity contribution in [3.8, 4) is 5.75 Å². The number of likely N-dealkylation sites (tertiary alicyclic amines) is 1. The fourth-order valence-electron chi connectivity index (χ4n) is 4.04. The lowest BCUT2D eigenvalue weighted by molar-refractivity contribution is 0.0953. The molecule has 0 atom stereocenters. The van der Waals surface area contributed by atoms with Crippen LogP contribution in [-0.4, -0.2) is 44.7 Å². The third-order valence-electron chi connectivity index (χ3n) is 5.88. The number of carbonyl (C=O) groups excluding carboxylic acids is 1. The molecule has 0 unspecified atom stereocenters. The monoisotopic (exact) mass is 498 g/mol. The number of nitrogens with one attached hydrogen (secondary N) is 1. The number of sulfonamides is 1. The maximum Gasteiger partial charge on any atom is 0.267 e. The summed E-state index contributed by atoms with van der Waals surface area (Å²) in [5, 5.41) is 0.401. The minimum atomic E-state index is -3.80. The standard InChI is InChI=1S/C23H25ClF2N2O4S/c1-33(30,31)27-23(29)19-11-18(14-2-3-14)22(12-21(19)26)32-17-6-8-28(9-7-17)13-15-4-5-16(25)10-20(15)24/h4-5,10-12,14,17H,2-3,6-9,13H2,1H3,(H,27,29). The lowest BCUT2D eigenvalue weighted by Gasteiger charge is -2.32. The lowest BCUT2D eigenvalue weighted by atomic mass is 10.0. The Bertz CT molecular complexity index is 1160. The van der Waals surface area contributed by atoms with Crippen LogP contribution in [0.1, 0.15) is 53.1 Å². The Morgan fingerprint density at radius 1 is 1.15 bits per heavy atom. The van der Waals surface area contributed by atoms with E-state index >= 15 is 0 Å². The van der Waals surface area contributed by atoms with E-state index in [1.165, 1.54) is 24.3 Å². The van der Waals surface area contributed by atoms with E-state index in [1.807, 2.05) is 4.72 Å². The smallest absolute Gasteiger partial charge is 0.267 e. The molecule has 0 aromatic heterocycles. The second-order valence-electron chi connectivity index (χ2n) is 8.68. The Morgan fingerprint density at radius 3 is 2.45 bits per heavy atom. The highest BCUT2D eigenvalue weighted by Crippen LogP contribution is 2.45. The van der Waals surface area contributed by atoms with Crippen molar-refractivity contribution in [2.45, 2.75) is 44.2 Å². The Labute approximate surface area is 196 Å². The van der Waals surface area contributed by atoms with Gasteiger partial charge in [-0.2, -0.15) is 0 Å². The van der Waals surface area contributed by atoms with E-state index in [4.69, 9.17) is 16.3 Å². The summed E-state index contributed by atoms with van der Waals surface area (Å²) in [7, 11) is -3.80. The van der Waals surface area contributed by atoms with E-state index in [9.17, 15) is 22.0 Å². The molecule has 4 rings (SSSR count). The first-order valence-corrected chi connectivity index (χ1v) is 13.0. The average Bonchev–Trinajstić information content (AvgIpc) is 3.55. The number of piperidine rings is 1. The van der Waals surface area contributed by atoms with Gasteiger partial charge in [-0.15, -0.1) is 0 Å². The van der Waals surface area contributed by atoms with E-state index in [1.54, 1.807) is 6.07 Å². The Kier molecular flexibility index (Phi) is 6.93. The molecule has 2 aliphatic rings. The minimum Gasteiger partial charge on any atom is -0.490 e. The molecule has 1 saturated carbocycles. The van der Waals surface area contributed by atoms with E-state index in [0.717, 1.165) is 56.2 Å². The van der Waals surface area contributed by atoms with Crippen LogP contribution in [0, 0.1) is 11.6 Å². The van der Waals surface area contributed by atoms with Gasteiger partial charge >= 0.3 is 0 Å². The predicted octanol–water partition coefficient (Wildman–Crippen LogP) is 4.23. The number of hydrogen-bond donors (Lipinski definition) is 1. The highest BCUT2D eigenvalue weighted by atomic mass is 35.5. The number of nitrogens with zero attached hydrogens (tertiary/aromatic N) is 1. The summed E-state index contributed by atoms with van der Waals surface area (Å²) in [4.78, 5) is 14.4. The van der Waals surface area contributed by atoms with E-state index < -0.39 is 21.7 Å². The summed E-state index contributed by atoms with van der Waals surface area (Å²) in [5.41, 5.74) is 1.29. The molecule has 10 heteroatoms. The van der Waals surface area contributed by atoms with Crippen LogP contribution in [0.15, 0.2) is 30.3 Å². The Balaban J connectivity index is 1.42. The average molecular weight is 499 g/mol. The van der Waals surface area contributed by atoms with Gasteiger partial charge in [-0.25, -0.2) is 21.9 Å². The molecule has 33 heavy (non-hydrogen) atoms.